The minimum absolute atomic E-state index is 0.00689. The van der Waals surface area contributed by atoms with Crippen molar-refractivity contribution < 1.29 is 32.9 Å². The lowest BCUT2D eigenvalue weighted by Gasteiger charge is -2.29. The van der Waals surface area contributed by atoms with E-state index >= 15 is 0 Å². The van der Waals surface area contributed by atoms with Gasteiger partial charge >= 0.3 is 0 Å². The number of hydrogen-bond donors (Lipinski definition) is 2. The molecule has 1 amide bonds. The number of carbonyl (C=O) groups excluding carboxylic acids is 1. The van der Waals surface area contributed by atoms with Crippen LogP contribution in [0.1, 0.15) is 239 Å². The summed E-state index contributed by atoms with van der Waals surface area (Å²) < 4.78 is 23.3. The fraction of sp³-hybridized carbons (Fsp3) is 0.865. The molecule has 3 unspecified atom stereocenters. The molecule has 0 aromatic carbocycles. The van der Waals surface area contributed by atoms with Crippen LogP contribution in [0.15, 0.2) is 36.5 Å². The molecule has 3 atom stereocenters. The number of rotatable bonds is 47. The van der Waals surface area contributed by atoms with Gasteiger partial charge < -0.3 is 28.8 Å². The van der Waals surface area contributed by atoms with Crippen LogP contribution in [0.4, 0.5) is 0 Å². The highest BCUT2D eigenvalue weighted by atomic mass is 31.2. The molecule has 2 N–H and O–H groups in total. The second-order valence-corrected chi connectivity index (χ2v) is 20.3. The largest absolute Gasteiger partial charge is 0.756 e. The van der Waals surface area contributed by atoms with E-state index < -0.39 is 26.6 Å². The highest BCUT2D eigenvalue weighted by molar-refractivity contribution is 7.45. The lowest BCUT2D eigenvalue weighted by Crippen LogP contribution is -2.45. The number of hydrogen-bond acceptors (Lipinski definition) is 6. The molecule has 9 heteroatoms. The standard InChI is InChI=1S/C52H101N2O6P/c1-6-8-10-12-14-16-18-20-22-23-24-25-26-27-28-29-30-32-33-35-37-39-41-43-45-51(55)50(49-60-61(57,58)59-48-47-54(3,4)5)53-52(56)46-44-42-40-38-36-34-31-21-19-17-15-13-11-9-7-2/h17,19,35,37,43,45,50-51,55H,6-16,18,20-34,36,38-42,44,46-49H2,1-5H3,(H-,53,56,57,58)/b19-17-,37-35+,45-43+. The highest BCUT2D eigenvalue weighted by Gasteiger charge is 2.23. The number of aliphatic hydroxyl groups is 1. The van der Waals surface area contributed by atoms with Crippen molar-refractivity contribution in [2.24, 2.45) is 0 Å². The summed E-state index contributed by atoms with van der Waals surface area (Å²) in [4.78, 5) is 25.4. The summed E-state index contributed by atoms with van der Waals surface area (Å²) in [6.07, 6.45) is 55.0. The van der Waals surface area contributed by atoms with E-state index in [1.54, 1.807) is 6.08 Å². The molecule has 0 saturated heterocycles. The molecule has 0 fully saturated rings. The zero-order valence-electron chi connectivity index (χ0n) is 40.9. The second kappa shape index (κ2) is 43.9. The molecule has 0 aliphatic carbocycles. The van der Waals surface area contributed by atoms with E-state index in [0.717, 1.165) is 38.5 Å². The topological polar surface area (TPSA) is 108 Å². The molecule has 0 saturated carbocycles. The highest BCUT2D eigenvalue weighted by Crippen LogP contribution is 2.38. The number of carbonyl (C=O) groups is 1. The van der Waals surface area contributed by atoms with Crippen molar-refractivity contribution in [3.63, 3.8) is 0 Å². The minimum Gasteiger partial charge on any atom is -0.756 e. The molecule has 0 radical (unpaired) electrons. The first kappa shape index (κ1) is 59.7. The summed E-state index contributed by atoms with van der Waals surface area (Å²) in [7, 11) is 1.24. The molecule has 0 aliphatic rings. The lowest BCUT2D eigenvalue weighted by molar-refractivity contribution is -0.870. The van der Waals surface area contributed by atoms with E-state index in [4.69, 9.17) is 9.05 Å². The van der Waals surface area contributed by atoms with Crippen LogP contribution in [0.3, 0.4) is 0 Å². The normalized spacial score (nSPS) is 14.4. The molecule has 0 spiro atoms. The van der Waals surface area contributed by atoms with Gasteiger partial charge in [0.15, 0.2) is 0 Å². The number of phosphoric ester groups is 1. The molecule has 360 valence electrons. The third-order valence-electron chi connectivity index (χ3n) is 11.6. The number of nitrogens with one attached hydrogen (secondary N) is 1. The molecular weight excluding hydrogens is 780 g/mol. The first-order valence-electron chi connectivity index (χ1n) is 25.9. The van der Waals surface area contributed by atoms with Gasteiger partial charge in [-0.2, -0.15) is 0 Å². The zero-order valence-corrected chi connectivity index (χ0v) is 41.8. The third-order valence-corrected chi connectivity index (χ3v) is 12.5. The summed E-state index contributed by atoms with van der Waals surface area (Å²) in [6.45, 7) is 4.63. The van der Waals surface area contributed by atoms with Crippen LogP contribution in [0.2, 0.25) is 0 Å². The van der Waals surface area contributed by atoms with Gasteiger partial charge in [-0.3, -0.25) is 9.36 Å². The Hall–Kier alpha value is -1.28. The Bertz CT molecular complexity index is 1090. The molecule has 0 bridgehead atoms. The second-order valence-electron chi connectivity index (χ2n) is 18.9. The molecule has 8 nitrogen and oxygen atoms in total. The lowest BCUT2D eigenvalue weighted by atomic mass is 10.0. The number of likely N-dealkylation sites (N-methyl/N-ethyl adjacent to an activating group) is 1. The van der Waals surface area contributed by atoms with Gasteiger partial charge in [0.1, 0.15) is 13.2 Å². The maximum Gasteiger partial charge on any atom is 0.268 e. The van der Waals surface area contributed by atoms with Crippen molar-refractivity contribution in [1.29, 1.82) is 0 Å². The first-order chi connectivity index (χ1) is 29.5. The Morgan fingerprint density at radius 1 is 0.557 bits per heavy atom. The Morgan fingerprint density at radius 3 is 1.34 bits per heavy atom. The Labute approximate surface area is 378 Å². The minimum atomic E-state index is -4.60. The maximum atomic E-state index is 12.9. The van der Waals surface area contributed by atoms with Gasteiger partial charge in [0.25, 0.3) is 7.82 Å². The maximum absolute atomic E-state index is 12.9. The van der Waals surface area contributed by atoms with Crippen molar-refractivity contribution in [2.75, 3.05) is 40.9 Å². The van der Waals surface area contributed by atoms with Crippen LogP contribution in [-0.4, -0.2) is 68.5 Å². The van der Waals surface area contributed by atoms with Crippen LogP contribution in [0, 0.1) is 0 Å². The Morgan fingerprint density at radius 2 is 0.918 bits per heavy atom. The van der Waals surface area contributed by atoms with Crippen LogP contribution >= 0.6 is 7.82 Å². The van der Waals surface area contributed by atoms with Crippen LogP contribution < -0.4 is 10.2 Å². The zero-order chi connectivity index (χ0) is 45.0. The molecule has 0 aliphatic heterocycles. The number of nitrogens with zero attached hydrogens (tertiary/aromatic N) is 1. The van der Waals surface area contributed by atoms with Crippen molar-refractivity contribution in [3.05, 3.63) is 36.5 Å². The monoisotopic (exact) mass is 881 g/mol. The van der Waals surface area contributed by atoms with Gasteiger partial charge in [0, 0.05) is 6.42 Å². The number of amides is 1. The molecule has 0 aromatic heterocycles. The molecule has 0 rings (SSSR count). The number of unbranched alkanes of at least 4 members (excludes halogenated alkanes) is 30. The van der Waals surface area contributed by atoms with E-state index in [2.05, 4.69) is 43.5 Å². The number of allylic oxidation sites excluding steroid dienone is 5. The Balaban J connectivity index is 4.31. The van der Waals surface area contributed by atoms with Gasteiger partial charge in [-0.05, 0) is 57.8 Å². The SMILES string of the molecule is CCCCCC/C=C\CCCCCCCCCC(=O)NC(COP(=O)([O-])OCC[N+](C)(C)C)C(O)/C=C/CC/C=C/CCCCCCCCCCCCCCCCCCCC. The molecule has 0 aromatic rings. The average molecular weight is 881 g/mol. The number of phosphoric acid groups is 1. The third kappa shape index (κ3) is 46.5. The van der Waals surface area contributed by atoms with Gasteiger partial charge in [-0.1, -0.05) is 211 Å². The predicted molar refractivity (Wildman–Crippen MR) is 261 cm³/mol. The predicted octanol–water partition coefficient (Wildman–Crippen LogP) is 14.4. The van der Waals surface area contributed by atoms with Gasteiger partial charge in [0.05, 0.1) is 39.9 Å². The van der Waals surface area contributed by atoms with E-state index in [9.17, 15) is 19.4 Å². The fourth-order valence-electron chi connectivity index (χ4n) is 7.46. The summed E-state index contributed by atoms with van der Waals surface area (Å²) >= 11 is 0. The summed E-state index contributed by atoms with van der Waals surface area (Å²) in [5, 5.41) is 13.8. The van der Waals surface area contributed by atoms with Crippen molar-refractivity contribution in [2.45, 2.75) is 251 Å². The van der Waals surface area contributed by atoms with Gasteiger partial charge in [0.2, 0.25) is 5.91 Å². The van der Waals surface area contributed by atoms with Gasteiger partial charge in [-0.15, -0.1) is 0 Å². The molecule has 0 heterocycles. The van der Waals surface area contributed by atoms with Crippen molar-refractivity contribution in [1.82, 2.24) is 5.32 Å². The molecule has 61 heavy (non-hydrogen) atoms. The number of aliphatic hydroxyl groups excluding tert-OH is 1. The van der Waals surface area contributed by atoms with Crippen molar-refractivity contribution >= 4 is 13.7 Å². The van der Waals surface area contributed by atoms with Gasteiger partial charge in [-0.25, -0.2) is 0 Å². The molecular formula is C52H101N2O6P. The summed E-state index contributed by atoms with van der Waals surface area (Å²) in [5.41, 5.74) is 0. The van der Waals surface area contributed by atoms with Crippen molar-refractivity contribution in [3.8, 4) is 0 Å². The number of quaternary nitrogens is 1. The quantitative estimate of drug-likeness (QED) is 0.0273. The average Bonchev–Trinajstić information content (AvgIpc) is 3.21. The van der Waals surface area contributed by atoms with Crippen LogP contribution in [0.5, 0.6) is 0 Å². The van der Waals surface area contributed by atoms with Crippen LogP contribution in [0.25, 0.3) is 0 Å². The van der Waals surface area contributed by atoms with E-state index in [-0.39, 0.29) is 12.5 Å². The van der Waals surface area contributed by atoms with Crippen LogP contribution in [-0.2, 0) is 18.4 Å². The first-order valence-corrected chi connectivity index (χ1v) is 27.3. The van der Waals surface area contributed by atoms with E-state index in [0.29, 0.717) is 17.4 Å². The Kier molecular flexibility index (Phi) is 43.0. The fourth-order valence-corrected chi connectivity index (χ4v) is 8.18. The smallest absolute Gasteiger partial charge is 0.268 e. The van der Waals surface area contributed by atoms with E-state index in [1.807, 2.05) is 27.2 Å². The summed E-state index contributed by atoms with van der Waals surface area (Å²) in [5.74, 6) is -0.211. The summed E-state index contributed by atoms with van der Waals surface area (Å²) in [6, 6.07) is -0.904. The van der Waals surface area contributed by atoms with E-state index in [1.165, 1.54) is 180 Å².